The monoisotopic (exact) mass is 375 g/mol. The van der Waals surface area contributed by atoms with Gasteiger partial charge in [-0.05, 0) is 53.8 Å². The molecule has 3 nitrogen and oxygen atoms in total. The van der Waals surface area contributed by atoms with Crippen molar-refractivity contribution in [3.05, 3.63) is 71.8 Å². The van der Waals surface area contributed by atoms with Gasteiger partial charge in [0.25, 0.3) is 0 Å². The molecule has 0 spiro atoms. The summed E-state index contributed by atoms with van der Waals surface area (Å²) in [7, 11) is 3.44. The van der Waals surface area contributed by atoms with Crippen LogP contribution >= 0.6 is 0 Å². The van der Waals surface area contributed by atoms with Gasteiger partial charge in [-0.25, -0.2) is 0 Å². The van der Waals surface area contributed by atoms with Crippen LogP contribution in [0.3, 0.4) is 0 Å². The lowest BCUT2D eigenvalue weighted by atomic mass is 9.87. The molecule has 0 atom stereocenters. The van der Waals surface area contributed by atoms with E-state index in [1.54, 1.807) is 14.2 Å². The van der Waals surface area contributed by atoms with Gasteiger partial charge in [-0.1, -0.05) is 61.9 Å². The summed E-state index contributed by atoms with van der Waals surface area (Å²) in [5.41, 5.74) is 13.2. The van der Waals surface area contributed by atoms with E-state index in [0.717, 1.165) is 41.9 Å². The molecule has 0 saturated heterocycles. The van der Waals surface area contributed by atoms with E-state index in [1.807, 2.05) is 24.3 Å². The summed E-state index contributed by atoms with van der Waals surface area (Å²) in [5.74, 6) is 1.77. The van der Waals surface area contributed by atoms with Gasteiger partial charge in [0.05, 0.1) is 14.2 Å². The fourth-order valence-corrected chi connectivity index (χ4v) is 3.76. The average Bonchev–Trinajstić information content (AvgIpc) is 2.74. The molecular weight excluding hydrogens is 346 g/mol. The van der Waals surface area contributed by atoms with E-state index in [4.69, 9.17) is 15.2 Å². The quantitative estimate of drug-likeness (QED) is 0.566. The van der Waals surface area contributed by atoms with Crippen molar-refractivity contribution in [2.75, 3.05) is 20.8 Å². The van der Waals surface area contributed by atoms with Crippen LogP contribution in [-0.2, 0) is 12.8 Å². The molecule has 28 heavy (non-hydrogen) atoms. The number of rotatable bonds is 8. The summed E-state index contributed by atoms with van der Waals surface area (Å²) in [5, 5.41) is 0. The van der Waals surface area contributed by atoms with Crippen molar-refractivity contribution < 1.29 is 9.47 Å². The van der Waals surface area contributed by atoms with Gasteiger partial charge in [-0.2, -0.15) is 0 Å². The highest BCUT2D eigenvalue weighted by molar-refractivity contribution is 5.81. The van der Waals surface area contributed by atoms with Gasteiger partial charge in [-0.15, -0.1) is 0 Å². The Morgan fingerprint density at radius 1 is 0.679 bits per heavy atom. The second-order valence-electron chi connectivity index (χ2n) is 6.86. The number of aryl methyl sites for hydroxylation is 1. The predicted octanol–water partition coefficient (Wildman–Crippen LogP) is 5.49. The maximum atomic E-state index is 5.96. The van der Waals surface area contributed by atoms with Crippen LogP contribution in [0.25, 0.3) is 22.3 Å². The molecule has 0 aromatic heterocycles. The molecule has 0 bridgehead atoms. The predicted molar refractivity (Wildman–Crippen MR) is 117 cm³/mol. The number of ether oxygens (including phenoxy) is 2. The SMILES string of the molecule is CCCc1cc(-c2ccccc2OC)c(CCN)cc1-c1ccccc1OC. The maximum absolute atomic E-state index is 5.96. The third-order valence-electron chi connectivity index (χ3n) is 5.06. The van der Waals surface area contributed by atoms with Crippen LogP contribution in [0.15, 0.2) is 60.7 Å². The molecule has 0 heterocycles. The smallest absolute Gasteiger partial charge is 0.126 e. The first-order valence-corrected chi connectivity index (χ1v) is 9.86. The average molecular weight is 376 g/mol. The molecule has 3 heteroatoms. The van der Waals surface area contributed by atoms with E-state index >= 15 is 0 Å². The van der Waals surface area contributed by atoms with E-state index in [-0.39, 0.29) is 0 Å². The van der Waals surface area contributed by atoms with Crippen LogP contribution in [-0.4, -0.2) is 20.8 Å². The van der Waals surface area contributed by atoms with Crippen molar-refractivity contribution in [3.8, 4) is 33.8 Å². The van der Waals surface area contributed by atoms with Crippen LogP contribution in [0.1, 0.15) is 24.5 Å². The number of para-hydroxylation sites is 2. The van der Waals surface area contributed by atoms with Crippen molar-refractivity contribution in [3.63, 3.8) is 0 Å². The Kier molecular flexibility index (Phi) is 6.72. The summed E-state index contributed by atoms with van der Waals surface area (Å²) in [4.78, 5) is 0. The number of hydrogen-bond acceptors (Lipinski definition) is 3. The molecule has 3 rings (SSSR count). The van der Waals surface area contributed by atoms with Gasteiger partial charge in [0.1, 0.15) is 11.5 Å². The third kappa shape index (κ3) is 4.05. The normalized spacial score (nSPS) is 10.7. The van der Waals surface area contributed by atoms with E-state index in [0.29, 0.717) is 6.54 Å². The molecule has 146 valence electrons. The Labute approximate surface area is 168 Å². The van der Waals surface area contributed by atoms with Gasteiger partial charge in [0.15, 0.2) is 0 Å². The molecule has 0 amide bonds. The first-order valence-electron chi connectivity index (χ1n) is 9.86. The maximum Gasteiger partial charge on any atom is 0.126 e. The van der Waals surface area contributed by atoms with Crippen molar-refractivity contribution in [1.82, 2.24) is 0 Å². The molecule has 0 aliphatic rings. The molecule has 0 fully saturated rings. The lowest BCUT2D eigenvalue weighted by Crippen LogP contribution is -2.06. The van der Waals surface area contributed by atoms with Crippen LogP contribution in [0.2, 0.25) is 0 Å². The minimum Gasteiger partial charge on any atom is -0.496 e. The summed E-state index contributed by atoms with van der Waals surface area (Å²) in [6, 6.07) is 21.0. The number of hydrogen-bond donors (Lipinski definition) is 1. The van der Waals surface area contributed by atoms with Gasteiger partial charge < -0.3 is 15.2 Å². The van der Waals surface area contributed by atoms with Crippen LogP contribution in [0.4, 0.5) is 0 Å². The molecule has 0 aliphatic heterocycles. The first kappa shape index (κ1) is 20.0. The second kappa shape index (κ2) is 9.43. The highest BCUT2D eigenvalue weighted by Gasteiger charge is 2.17. The van der Waals surface area contributed by atoms with Crippen molar-refractivity contribution >= 4 is 0 Å². The zero-order valence-electron chi connectivity index (χ0n) is 17.0. The van der Waals surface area contributed by atoms with E-state index in [2.05, 4.69) is 43.3 Å². The zero-order valence-corrected chi connectivity index (χ0v) is 17.0. The Bertz CT molecular complexity index is 856. The molecule has 0 aliphatic carbocycles. The summed E-state index contributed by atoms with van der Waals surface area (Å²) in [6.45, 7) is 2.81. The van der Waals surface area contributed by atoms with Gasteiger partial charge in [0.2, 0.25) is 0 Å². The van der Waals surface area contributed by atoms with E-state index < -0.39 is 0 Å². The fraction of sp³-hybridized carbons (Fsp3) is 0.280. The zero-order chi connectivity index (χ0) is 19.9. The Morgan fingerprint density at radius 3 is 1.57 bits per heavy atom. The Hall–Kier alpha value is -2.78. The van der Waals surface area contributed by atoms with Crippen molar-refractivity contribution in [1.29, 1.82) is 0 Å². The molecule has 3 aromatic rings. The van der Waals surface area contributed by atoms with Gasteiger partial charge >= 0.3 is 0 Å². The Balaban J connectivity index is 2.27. The first-order chi connectivity index (χ1) is 13.7. The molecule has 0 unspecified atom stereocenters. The lowest BCUT2D eigenvalue weighted by molar-refractivity contribution is 0.416. The minimum atomic E-state index is 0.598. The summed E-state index contributed by atoms with van der Waals surface area (Å²) < 4.78 is 11.3. The topological polar surface area (TPSA) is 44.5 Å². The standard InChI is InChI=1S/C25H29NO2/c1-4-9-18-16-23(21-11-6-8-13-25(21)28-3)19(14-15-26)17-22(18)20-10-5-7-12-24(20)27-2/h5-8,10-13,16-17H,4,9,14-15,26H2,1-3H3. The van der Waals surface area contributed by atoms with E-state index in [1.165, 1.54) is 22.3 Å². The van der Waals surface area contributed by atoms with E-state index in [9.17, 15) is 0 Å². The number of methoxy groups -OCH3 is 2. The number of benzene rings is 3. The van der Waals surface area contributed by atoms with Crippen LogP contribution in [0, 0.1) is 0 Å². The highest BCUT2D eigenvalue weighted by atomic mass is 16.5. The largest absolute Gasteiger partial charge is 0.496 e. The number of nitrogens with two attached hydrogens (primary N) is 1. The highest BCUT2D eigenvalue weighted by Crippen LogP contribution is 2.39. The minimum absolute atomic E-state index is 0.598. The lowest BCUT2D eigenvalue weighted by Gasteiger charge is -2.19. The van der Waals surface area contributed by atoms with Crippen LogP contribution < -0.4 is 15.2 Å². The van der Waals surface area contributed by atoms with Crippen LogP contribution in [0.5, 0.6) is 11.5 Å². The Morgan fingerprint density at radius 2 is 1.14 bits per heavy atom. The fourth-order valence-electron chi connectivity index (χ4n) is 3.76. The molecule has 0 saturated carbocycles. The third-order valence-corrected chi connectivity index (χ3v) is 5.06. The molecule has 2 N–H and O–H groups in total. The second-order valence-corrected chi connectivity index (χ2v) is 6.86. The summed E-state index contributed by atoms with van der Waals surface area (Å²) in [6.07, 6.45) is 2.88. The molecular formula is C25H29NO2. The van der Waals surface area contributed by atoms with Crippen molar-refractivity contribution in [2.24, 2.45) is 5.73 Å². The molecule has 3 aromatic carbocycles. The molecule has 0 radical (unpaired) electrons. The summed E-state index contributed by atoms with van der Waals surface area (Å²) >= 11 is 0. The van der Waals surface area contributed by atoms with Crippen molar-refractivity contribution in [2.45, 2.75) is 26.2 Å². The van der Waals surface area contributed by atoms with Gasteiger partial charge in [-0.3, -0.25) is 0 Å². The van der Waals surface area contributed by atoms with Gasteiger partial charge in [0, 0.05) is 11.1 Å².